The van der Waals surface area contributed by atoms with Crippen molar-refractivity contribution in [1.82, 2.24) is 14.8 Å². The largest absolute Gasteiger partial charge is 0.367 e. The van der Waals surface area contributed by atoms with Crippen LogP contribution in [0.3, 0.4) is 0 Å². The van der Waals surface area contributed by atoms with E-state index in [0.717, 1.165) is 32.2 Å². The van der Waals surface area contributed by atoms with Crippen LogP contribution in [0.15, 0.2) is 18.5 Å². The topological polar surface area (TPSA) is 65.4 Å². The Labute approximate surface area is 113 Å². The van der Waals surface area contributed by atoms with E-state index in [1.165, 1.54) is 5.56 Å². The van der Waals surface area contributed by atoms with Crippen LogP contribution >= 0.6 is 0 Å². The Morgan fingerprint density at radius 3 is 2.68 bits per heavy atom. The normalized spacial score (nSPS) is 32.1. The number of carbonyl (C=O) groups is 1. The fourth-order valence-electron chi connectivity index (χ4n) is 3.31. The van der Waals surface area contributed by atoms with E-state index in [2.05, 4.69) is 11.1 Å². The van der Waals surface area contributed by atoms with E-state index in [1.54, 1.807) is 0 Å². The van der Waals surface area contributed by atoms with Crippen molar-refractivity contribution in [2.45, 2.75) is 43.8 Å². The Kier molecular flexibility index (Phi) is 3.22. The lowest BCUT2D eigenvalue weighted by molar-refractivity contribution is 0.164. The van der Waals surface area contributed by atoms with Crippen molar-refractivity contribution in [3.05, 3.63) is 24.0 Å². The van der Waals surface area contributed by atoms with E-state index >= 15 is 0 Å². The maximum Gasteiger partial charge on any atom is 0.320 e. The Hall–Kier alpha value is -1.49. The van der Waals surface area contributed by atoms with Crippen LogP contribution in [0.5, 0.6) is 0 Å². The number of aromatic nitrogens is 1. The van der Waals surface area contributed by atoms with Gasteiger partial charge in [-0.3, -0.25) is 0 Å². The van der Waals surface area contributed by atoms with Gasteiger partial charge in [0.25, 0.3) is 0 Å². The zero-order valence-corrected chi connectivity index (χ0v) is 11.4. The van der Waals surface area contributed by atoms with Gasteiger partial charge in [0.1, 0.15) is 0 Å². The average Bonchev–Trinajstić information content (AvgIpc) is 3.02. The SMILES string of the molecule is CN1C(=O)N(C2CCC(N)CC2)CC1c1cc[nH]c1. The molecule has 1 saturated heterocycles. The molecule has 2 amide bonds. The molecule has 1 aromatic heterocycles. The van der Waals surface area contributed by atoms with Gasteiger partial charge in [0, 0.05) is 38.1 Å². The first-order chi connectivity index (χ1) is 9.16. The van der Waals surface area contributed by atoms with Gasteiger partial charge in [-0.15, -0.1) is 0 Å². The van der Waals surface area contributed by atoms with Gasteiger partial charge in [-0.05, 0) is 37.3 Å². The minimum atomic E-state index is 0.159. The highest BCUT2D eigenvalue weighted by molar-refractivity contribution is 5.77. The highest BCUT2D eigenvalue weighted by atomic mass is 16.2. The van der Waals surface area contributed by atoms with Crippen LogP contribution in [0.25, 0.3) is 0 Å². The third-order valence-electron chi connectivity index (χ3n) is 4.57. The number of nitrogens with zero attached hydrogens (tertiary/aromatic N) is 2. The monoisotopic (exact) mass is 262 g/mol. The van der Waals surface area contributed by atoms with Crippen molar-refractivity contribution in [2.75, 3.05) is 13.6 Å². The van der Waals surface area contributed by atoms with Gasteiger partial charge >= 0.3 is 6.03 Å². The molecule has 1 aliphatic carbocycles. The molecule has 1 saturated carbocycles. The number of hydrogen-bond donors (Lipinski definition) is 2. The first-order valence-corrected chi connectivity index (χ1v) is 7.08. The van der Waals surface area contributed by atoms with Gasteiger partial charge in [-0.25, -0.2) is 4.79 Å². The molecule has 2 aliphatic rings. The smallest absolute Gasteiger partial charge is 0.320 e. The summed E-state index contributed by atoms with van der Waals surface area (Å²) in [5.41, 5.74) is 7.13. The molecular formula is C14H22N4O. The summed E-state index contributed by atoms with van der Waals surface area (Å²) in [5, 5.41) is 0. The quantitative estimate of drug-likeness (QED) is 0.852. The van der Waals surface area contributed by atoms with Crippen molar-refractivity contribution in [1.29, 1.82) is 0 Å². The summed E-state index contributed by atoms with van der Waals surface area (Å²) >= 11 is 0. The summed E-state index contributed by atoms with van der Waals surface area (Å²) in [6, 6.07) is 3.08. The predicted octanol–water partition coefficient (Wildman–Crippen LogP) is 1.69. The van der Waals surface area contributed by atoms with Crippen LogP contribution < -0.4 is 5.73 Å². The van der Waals surface area contributed by atoms with Crippen LogP contribution in [0.1, 0.15) is 37.3 Å². The number of urea groups is 1. The van der Waals surface area contributed by atoms with E-state index in [-0.39, 0.29) is 12.1 Å². The van der Waals surface area contributed by atoms with Gasteiger partial charge in [0.2, 0.25) is 0 Å². The molecule has 5 nitrogen and oxygen atoms in total. The third kappa shape index (κ3) is 2.23. The van der Waals surface area contributed by atoms with E-state index in [9.17, 15) is 4.79 Å². The average molecular weight is 262 g/mol. The maximum absolute atomic E-state index is 12.4. The van der Waals surface area contributed by atoms with E-state index in [1.807, 2.05) is 29.2 Å². The number of H-pyrrole nitrogens is 1. The van der Waals surface area contributed by atoms with Gasteiger partial charge in [0.05, 0.1) is 6.04 Å². The number of hydrogen-bond acceptors (Lipinski definition) is 2. The maximum atomic E-state index is 12.4. The summed E-state index contributed by atoms with van der Waals surface area (Å²) in [6.45, 7) is 0.799. The van der Waals surface area contributed by atoms with Crippen molar-refractivity contribution in [3.63, 3.8) is 0 Å². The molecule has 0 spiro atoms. The molecule has 3 rings (SSSR count). The number of likely N-dealkylation sites (N-methyl/N-ethyl adjacent to an activating group) is 1. The summed E-state index contributed by atoms with van der Waals surface area (Å²) < 4.78 is 0. The lowest BCUT2D eigenvalue weighted by atomic mass is 9.91. The number of carbonyl (C=O) groups excluding carboxylic acids is 1. The first-order valence-electron chi connectivity index (χ1n) is 7.08. The van der Waals surface area contributed by atoms with Crippen LogP contribution in [-0.2, 0) is 0 Å². The molecule has 2 heterocycles. The minimum Gasteiger partial charge on any atom is -0.367 e. The molecular weight excluding hydrogens is 240 g/mol. The molecule has 3 N–H and O–H groups in total. The second-order valence-corrected chi connectivity index (χ2v) is 5.77. The molecule has 0 bridgehead atoms. The molecule has 19 heavy (non-hydrogen) atoms. The molecule has 0 aromatic carbocycles. The van der Waals surface area contributed by atoms with E-state index in [4.69, 9.17) is 5.73 Å². The fraction of sp³-hybridized carbons (Fsp3) is 0.643. The molecule has 0 radical (unpaired) electrons. The molecule has 5 heteroatoms. The first kappa shape index (κ1) is 12.5. The van der Waals surface area contributed by atoms with E-state index in [0.29, 0.717) is 12.1 Å². The van der Waals surface area contributed by atoms with Crippen molar-refractivity contribution < 1.29 is 4.79 Å². The van der Waals surface area contributed by atoms with Crippen LogP contribution in [0, 0.1) is 0 Å². The predicted molar refractivity (Wildman–Crippen MR) is 73.6 cm³/mol. The van der Waals surface area contributed by atoms with Gasteiger partial charge in [-0.1, -0.05) is 0 Å². The molecule has 1 atom stereocenters. The summed E-state index contributed by atoms with van der Waals surface area (Å²) in [5.74, 6) is 0. The fourth-order valence-corrected chi connectivity index (χ4v) is 3.31. The Morgan fingerprint density at radius 1 is 1.32 bits per heavy atom. The van der Waals surface area contributed by atoms with Crippen molar-refractivity contribution in [2.24, 2.45) is 5.73 Å². The second kappa shape index (κ2) is 4.89. The number of nitrogens with two attached hydrogens (primary N) is 1. The number of nitrogens with one attached hydrogen (secondary N) is 1. The number of rotatable bonds is 2. The molecule has 1 unspecified atom stereocenters. The lowest BCUT2D eigenvalue weighted by Crippen LogP contribution is -2.42. The van der Waals surface area contributed by atoms with E-state index < -0.39 is 0 Å². The van der Waals surface area contributed by atoms with Gasteiger partial charge < -0.3 is 20.5 Å². The number of aromatic amines is 1. The van der Waals surface area contributed by atoms with Crippen LogP contribution in [0.2, 0.25) is 0 Å². The van der Waals surface area contributed by atoms with Crippen LogP contribution in [-0.4, -0.2) is 46.5 Å². The number of amides is 2. The zero-order valence-electron chi connectivity index (χ0n) is 11.4. The van der Waals surface area contributed by atoms with Gasteiger partial charge in [-0.2, -0.15) is 0 Å². The Morgan fingerprint density at radius 2 is 2.05 bits per heavy atom. The van der Waals surface area contributed by atoms with Crippen molar-refractivity contribution in [3.8, 4) is 0 Å². The minimum absolute atomic E-state index is 0.159. The van der Waals surface area contributed by atoms with Crippen molar-refractivity contribution >= 4 is 6.03 Å². The molecule has 2 fully saturated rings. The summed E-state index contributed by atoms with van der Waals surface area (Å²) in [6.07, 6.45) is 8.05. The van der Waals surface area contributed by atoms with Gasteiger partial charge in [0.15, 0.2) is 0 Å². The second-order valence-electron chi connectivity index (χ2n) is 5.77. The Bertz CT molecular complexity index is 436. The lowest BCUT2D eigenvalue weighted by Gasteiger charge is -2.32. The highest BCUT2D eigenvalue weighted by Crippen LogP contribution is 2.33. The molecule has 104 valence electrons. The Balaban J connectivity index is 1.72. The summed E-state index contributed by atoms with van der Waals surface area (Å²) in [7, 11) is 1.90. The molecule has 1 aliphatic heterocycles. The standard InChI is InChI=1S/C14H22N4O/c1-17-13(10-6-7-16-8-10)9-18(14(17)19)12-4-2-11(15)3-5-12/h6-8,11-13,16H,2-5,9,15H2,1H3. The van der Waals surface area contributed by atoms with Crippen LogP contribution in [0.4, 0.5) is 4.79 Å². The summed E-state index contributed by atoms with van der Waals surface area (Å²) in [4.78, 5) is 19.4. The highest BCUT2D eigenvalue weighted by Gasteiger charge is 2.40. The zero-order chi connectivity index (χ0) is 13.4. The third-order valence-corrected chi connectivity index (χ3v) is 4.57. The molecule has 1 aromatic rings.